The van der Waals surface area contributed by atoms with Crippen LogP contribution in [0.5, 0.6) is 0 Å². The maximum absolute atomic E-state index is 11.7. The van der Waals surface area contributed by atoms with Gasteiger partial charge in [-0.2, -0.15) is 5.26 Å². The van der Waals surface area contributed by atoms with E-state index in [1.165, 1.54) is 13.0 Å². The standard InChI is InChI=1S/C12H12N2O3S/c1-3-17-12(16)10-6-9(14-8(2)15)4-5-11(10)18-7-13/h4-6H,3H2,1-2H3,(H,14,15). The van der Waals surface area contributed by atoms with Crippen molar-refractivity contribution < 1.29 is 14.3 Å². The monoisotopic (exact) mass is 264 g/mol. The van der Waals surface area contributed by atoms with E-state index < -0.39 is 5.97 Å². The molecule has 0 bridgehead atoms. The van der Waals surface area contributed by atoms with Gasteiger partial charge >= 0.3 is 5.97 Å². The van der Waals surface area contributed by atoms with Crippen molar-refractivity contribution >= 4 is 29.3 Å². The number of rotatable bonds is 4. The first-order valence-corrected chi connectivity index (χ1v) is 6.04. The molecule has 0 aromatic heterocycles. The molecular weight excluding hydrogens is 252 g/mol. The number of hydrogen-bond acceptors (Lipinski definition) is 5. The second kappa shape index (κ2) is 6.67. The molecule has 0 unspecified atom stereocenters. The number of esters is 1. The zero-order valence-corrected chi connectivity index (χ0v) is 10.8. The van der Waals surface area contributed by atoms with E-state index in [4.69, 9.17) is 10.00 Å². The molecule has 5 nitrogen and oxygen atoms in total. The second-order valence-corrected chi connectivity index (χ2v) is 4.13. The van der Waals surface area contributed by atoms with Crippen LogP contribution in [0.2, 0.25) is 0 Å². The molecule has 1 rings (SSSR count). The Morgan fingerprint density at radius 2 is 2.22 bits per heavy atom. The van der Waals surface area contributed by atoms with E-state index in [1.54, 1.807) is 19.1 Å². The van der Waals surface area contributed by atoms with Crippen molar-refractivity contribution in [3.63, 3.8) is 0 Å². The molecule has 18 heavy (non-hydrogen) atoms. The molecule has 0 fully saturated rings. The lowest BCUT2D eigenvalue weighted by Crippen LogP contribution is -2.09. The third-order valence-electron chi connectivity index (χ3n) is 1.95. The Hall–Kier alpha value is -2.00. The number of hydrogen-bond donors (Lipinski definition) is 1. The van der Waals surface area contributed by atoms with Crippen molar-refractivity contribution in [1.29, 1.82) is 5.26 Å². The molecule has 1 aromatic carbocycles. The maximum Gasteiger partial charge on any atom is 0.339 e. The fraction of sp³-hybridized carbons (Fsp3) is 0.250. The number of nitrogens with one attached hydrogen (secondary N) is 1. The number of thiocyanates is 1. The molecule has 0 spiro atoms. The lowest BCUT2D eigenvalue weighted by Gasteiger charge is -2.08. The molecule has 1 amide bonds. The van der Waals surface area contributed by atoms with E-state index in [1.807, 2.05) is 5.40 Å². The summed E-state index contributed by atoms with van der Waals surface area (Å²) < 4.78 is 4.90. The minimum absolute atomic E-state index is 0.231. The molecule has 94 valence electrons. The fourth-order valence-electron chi connectivity index (χ4n) is 1.32. The minimum atomic E-state index is -0.512. The highest BCUT2D eigenvalue weighted by molar-refractivity contribution is 8.03. The Morgan fingerprint density at radius 1 is 1.50 bits per heavy atom. The number of thioether (sulfide) groups is 1. The summed E-state index contributed by atoms with van der Waals surface area (Å²) in [6, 6.07) is 4.73. The van der Waals surface area contributed by atoms with Crippen molar-refractivity contribution in [3.8, 4) is 5.40 Å². The first kappa shape index (κ1) is 14.1. The molecule has 1 aromatic rings. The van der Waals surface area contributed by atoms with E-state index in [-0.39, 0.29) is 18.1 Å². The van der Waals surface area contributed by atoms with Crippen LogP contribution in [-0.4, -0.2) is 18.5 Å². The van der Waals surface area contributed by atoms with Crippen LogP contribution in [0.1, 0.15) is 24.2 Å². The van der Waals surface area contributed by atoms with Gasteiger partial charge in [0.1, 0.15) is 5.40 Å². The maximum atomic E-state index is 11.7. The fourth-order valence-corrected chi connectivity index (χ4v) is 1.80. The summed E-state index contributed by atoms with van der Waals surface area (Å²) in [5.74, 6) is -0.743. The molecular formula is C12H12N2O3S. The van der Waals surface area contributed by atoms with Gasteiger partial charge in [-0.15, -0.1) is 0 Å². The quantitative estimate of drug-likeness (QED) is 0.513. The zero-order chi connectivity index (χ0) is 13.5. The van der Waals surface area contributed by atoms with Crippen LogP contribution in [0, 0.1) is 10.7 Å². The van der Waals surface area contributed by atoms with Gasteiger partial charge in [-0.05, 0) is 36.9 Å². The number of carbonyl (C=O) groups is 2. The van der Waals surface area contributed by atoms with E-state index in [0.717, 1.165) is 11.8 Å². The number of nitriles is 1. The van der Waals surface area contributed by atoms with E-state index in [9.17, 15) is 9.59 Å². The SMILES string of the molecule is CCOC(=O)c1cc(NC(C)=O)ccc1SC#N. The minimum Gasteiger partial charge on any atom is -0.462 e. The van der Waals surface area contributed by atoms with Gasteiger partial charge < -0.3 is 10.1 Å². The number of carbonyl (C=O) groups excluding carboxylic acids is 2. The van der Waals surface area contributed by atoms with Crippen molar-refractivity contribution in [2.75, 3.05) is 11.9 Å². The van der Waals surface area contributed by atoms with Gasteiger partial charge in [0, 0.05) is 17.5 Å². The van der Waals surface area contributed by atoms with Crippen molar-refractivity contribution in [1.82, 2.24) is 0 Å². The Morgan fingerprint density at radius 3 is 2.78 bits per heavy atom. The number of nitrogens with zero attached hydrogens (tertiary/aromatic N) is 1. The average Bonchev–Trinajstić information content (AvgIpc) is 2.31. The van der Waals surface area contributed by atoms with Crippen molar-refractivity contribution in [3.05, 3.63) is 23.8 Å². The lowest BCUT2D eigenvalue weighted by molar-refractivity contribution is -0.114. The molecule has 0 aliphatic heterocycles. The van der Waals surface area contributed by atoms with Gasteiger partial charge in [0.2, 0.25) is 5.91 Å². The van der Waals surface area contributed by atoms with Crippen LogP contribution in [-0.2, 0) is 9.53 Å². The normalized spacial score (nSPS) is 9.39. The van der Waals surface area contributed by atoms with Gasteiger partial charge in [-0.25, -0.2) is 4.79 Å². The Labute approximate surface area is 109 Å². The first-order valence-electron chi connectivity index (χ1n) is 5.23. The summed E-state index contributed by atoms with van der Waals surface area (Å²) in [6.07, 6.45) is 0. The second-order valence-electron chi connectivity index (χ2n) is 3.31. The summed E-state index contributed by atoms with van der Waals surface area (Å²) in [5, 5.41) is 13.1. The Kier molecular flexibility index (Phi) is 5.21. The number of amides is 1. The van der Waals surface area contributed by atoms with Gasteiger partial charge in [-0.3, -0.25) is 4.79 Å². The van der Waals surface area contributed by atoms with Crippen LogP contribution < -0.4 is 5.32 Å². The summed E-state index contributed by atoms with van der Waals surface area (Å²) in [7, 11) is 0. The molecule has 0 aliphatic rings. The van der Waals surface area contributed by atoms with E-state index in [2.05, 4.69) is 5.32 Å². The molecule has 6 heteroatoms. The first-order chi connectivity index (χ1) is 8.58. The largest absolute Gasteiger partial charge is 0.462 e. The average molecular weight is 264 g/mol. The molecule has 0 aliphatic carbocycles. The molecule has 0 atom stereocenters. The molecule has 0 radical (unpaired) electrons. The molecule has 1 N–H and O–H groups in total. The summed E-state index contributed by atoms with van der Waals surface area (Å²) in [5.41, 5.74) is 0.766. The van der Waals surface area contributed by atoms with Crippen LogP contribution in [0.4, 0.5) is 5.69 Å². The number of ether oxygens (including phenoxy) is 1. The lowest BCUT2D eigenvalue weighted by atomic mass is 10.2. The van der Waals surface area contributed by atoms with Crippen LogP contribution in [0.25, 0.3) is 0 Å². The highest BCUT2D eigenvalue weighted by Crippen LogP contribution is 2.25. The van der Waals surface area contributed by atoms with Crippen molar-refractivity contribution in [2.45, 2.75) is 18.7 Å². The Balaban J connectivity index is 3.11. The van der Waals surface area contributed by atoms with Crippen LogP contribution in [0.15, 0.2) is 23.1 Å². The zero-order valence-electron chi connectivity index (χ0n) is 10.0. The van der Waals surface area contributed by atoms with Gasteiger partial charge in [0.15, 0.2) is 0 Å². The van der Waals surface area contributed by atoms with Crippen LogP contribution in [0.3, 0.4) is 0 Å². The molecule has 0 heterocycles. The topological polar surface area (TPSA) is 79.2 Å². The van der Waals surface area contributed by atoms with E-state index >= 15 is 0 Å². The summed E-state index contributed by atoms with van der Waals surface area (Å²) in [4.78, 5) is 23.2. The molecule has 0 saturated carbocycles. The predicted octanol–water partition coefficient (Wildman–Crippen LogP) is 2.39. The van der Waals surface area contributed by atoms with Gasteiger partial charge in [-0.1, -0.05) is 0 Å². The third kappa shape index (κ3) is 3.79. The highest BCUT2D eigenvalue weighted by atomic mass is 32.2. The predicted molar refractivity (Wildman–Crippen MR) is 68.2 cm³/mol. The smallest absolute Gasteiger partial charge is 0.339 e. The van der Waals surface area contributed by atoms with Crippen LogP contribution >= 0.6 is 11.8 Å². The van der Waals surface area contributed by atoms with Crippen molar-refractivity contribution in [2.24, 2.45) is 0 Å². The van der Waals surface area contributed by atoms with Gasteiger partial charge in [0.25, 0.3) is 0 Å². The molecule has 0 saturated heterocycles. The number of anilines is 1. The van der Waals surface area contributed by atoms with Gasteiger partial charge in [0.05, 0.1) is 12.2 Å². The third-order valence-corrected chi connectivity index (χ3v) is 2.62. The summed E-state index contributed by atoms with van der Waals surface area (Å²) >= 11 is 0.876. The van der Waals surface area contributed by atoms with E-state index in [0.29, 0.717) is 10.6 Å². The number of benzene rings is 1. The summed E-state index contributed by atoms with van der Waals surface area (Å²) in [6.45, 7) is 3.33. The highest BCUT2D eigenvalue weighted by Gasteiger charge is 2.14. The Bertz CT molecular complexity index is 509.